The molecule has 0 aromatic carbocycles. The number of carboxylic acid groups (broad SMARTS) is 1. The van der Waals surface area contributed by atoms with E-state index in [1.165, 1.54) is 16.7 Å². The first-order chi connectivity index (χ1) is 11.3. The zero-order valence-corrected chi connectivity index (χ0v) is 15.6. The number of likely N-dealkylation sites (tertiary alicyclic amines) is 2. The minimum Gasteiger partial charge on any atom is -0.480 e. The van der Waals surface area contributed by atoms with Crippen LogP contribution in [0.25, 0.3) is 0 Å². The summed E-state index contributed by atoms with van der Waals surface area (Å²) in [5.41, 5.74) is -1.79. The van der Waals surface area contributed by atoms with E-state index in [1.807, 2.05) is 6.92 Å². The van der Waals surface area contributed by atoms with Crippen molar-refractivity contribution >= 4 is 18.0 Å². The highest BCUT2D eigenvalue weighted by molar-refractivity contribution is 6.00. The van der Waals surface area contributed by atoms with Gasteiger partial charge < -0.3 is 19.8 Å². The molecule has 2 N–H and O–H groups in total. The van der Waals surface area contributed by atoms with Gasteiger partial charge >= 0.3 is 12.1 Å². The zero-order valence-electron chi connectivity index (χ0n) is 15.6. The Morgan fingerprint density at radius 2 is 1.88 bits per heavy atom. The average molecular weight is 356 g/mol. The summed E-state index contributed by atoms with van der Waals surface area (Å²) in [6, 6.07) is -2.03. The van der Waals surface area contributed by atoms with Gasteiger partial charge in [-0.1, -0.05) is 0 Å². The van der Waals surface area contributed by atoms with E-state index < -0.39 is 47.3 Å². The second-order valence-corrected chi connectivity index (χ2v) is 8.07. The lowest BCUT2D eigenvalue weighted by atomic mass is 9.75. The molecule has 142 valence electrons. The van der Waals surface area contributed by atoms with Crippen molar-refractivity contribution in [3.63, 3.8) is 0 Å². The fourth-order valence-electron chi connectivity index (χ4n) is 4.01. The Morgan fingerprint density at radius 1 is 1.32 bits per heavy atom. The number of β-lactam (4-membered cyclic amide) rings is 1. The molecule has 8 nitrogen and oxygen atoms in total. The Balaban J connectivity index is 2.33. The topological polar surface area (TPSA) is 107 Å². The van der Waals surface area contributed by atoms with Crippen molar-refractivity contribution in [1.29, 1.82) is 0 Å². The number of carbonyl (C=O) groups excluding carboxylic acids is 2. The lowest BCUT2D eigenvalue weighted by Crippen LogP contribution is -2.81. The maximum atomic E-state index is 13.0. The first kappa shape index (κ1) is 19.5. The van der Waals surface area contributed by atoms with E-state index in [2.05, 4.69) is 0 Å². The summed E-state index contributed by atoms with van der Waals surface area (Å²) < 4.78 is 5.46. The Kier molecular flexibility index (Phi) is 4.80. The number of hydrogen-bond acceptors (Lipinski definition) is 5. The summed E-state index contributed by atoms with van der Waals surface area (Å²) in [5, 5.41) is 19.2. The first-order valence-corrected chi connectivity index (χ1v) is 8.60. The summed E-state index contributed by atoms with van der Waals surface area (Å²) in [6.45, 7) is 10.2. The van der Waals surface area contributed by atoms with E-state index in [4.69, 9.17) is 4.74 Å². The van der Waals surface area contributed by atoms with Crippen LogP contribution in [0.15, 0.2) is 0 Å². The van der Waals surface area contributed by atoms with Gasteiger partial charge in [-0.05, 0) is 54.4 Å². The number of aliphatic carboxylic acids is 1. The lowest BCUT2D eigenvalue weighted by Gasteiger charge is -2.58. The molecule has 25 heavy (non-hydrogen) atoms. The Morgan fingerprint density at radius 3 is 2.28 bits per heavy atom. The van der Waals surface area contributed by atoms with Gasteiger partial charge in [-0.2, -0.15) is 0 Å². The highest BCUT2D eigenvalue weighted by atomic mass is 16.6. The van der Waals surface area contributed by atoms with Gasteiger partial charge in [0.2, 0.25) is 0 Å². The molecule has 0 aromatic rings. The number of nitrogens with zero attached hydrogens (tertiary/aromatic N) is 2. The third kappa shape index (κ3) is 2.96. The molecule has 2 amide bonds. The number of amides is 2. The molecule has 0 saturated carbocycles. The Labute approximate surface area is 147 Å². The number of carboxylic acids is 1. The molecule has 0 aromatic heterocycles. The van der Waals surface area contributed by atoms with Gasteiger partial charge in [0, 0.05) is 6.04 Å². The minimum atomic E-state index is -1.33. The number of rotatable bonds is 3. The van der Waals surface area contributed by atoms with Crippen LogP contribution in [0.2, 0.25) is 0 Å². The second-order valence-electron chi connectivity index (χ2n) is 8.07. The molecule has 0 radical (unpaired) electrons. The monoisotopic (exact) mass is 356 g/mol. The molecule has 0 aliphatic carbocycles. The average Bonchev–Trinajstić information content (AvgIpc) is 2.81. The van der Waals surface area contributed by atoms with Gasteiger partial charge in [-0.25, -0.2) is 9.59 Å². The molecule has 2 aliphatic heterocycles. The molecule has 5 atom stereocenters. The number of ether oxygens (including phenoxy) is 1. The lowest BCUT2D eigenvalue weighted by molar-refractivity contribution is -0.188. The van der Waals surface area contributed by atoms with Crippen molar-refractivity contribution in [2.75, 3.05) is 0 Å². The van der Waals surface area contributed by atoms with E-state index in [0.29, 0.717) is 12.8 Å². The molecule has 2 rings (SSSR count). The third-order valence-corrected chi connectivity index (χ3v) is 5.13. The molecule has 2 heterocycles. The highest BCUT2D eigenvalue weighted by Crippen LogP contribution is 2.48. The minimum absolute atomic E-state index is 0.182. The van der Waals surface area contributed by atoms with Crippen molar-refractivity contribution in [2.45, 2.75) is 89.8 Å². The van der Waals surface area contributed by atoms with Gasteiger partial charge in [0.1, 0.15) is 11.1 Å². The van der Waals surface area contributed by atoms with Gasteiger partial charge in [0.15, 0.2) is 6.04 Å². The quantitative estimate of drug-likeness (QED) is 0.736. The molecule has 8 heteroatoms. The fourth-order valence-corrected chi connectivity index (χ4v) is 4.01. The molecule has 1 spiro atoms. The van der Waals surface area contributed by atoms with Crippen LogP contribution >= 0.6 is 0 Å². The van der Waals surface area contributed by atoms with Crippen LogP contribution in [0, 0.1) is 0 Å². The normalized spacial score (nSPS) is 31.7. The number of hydrogen-bond donors (Lipinski definition) is 2. The summed E-state index contributed by atoms with van der Waals surface area (Å²) in [7, 11) is 0. The molecule has 2 saturated heterocycles. The summed E-state index contributed by atoms with van der Waals surface area (Å²) in [4.78, 5) is 39.8. The van der Waals surface area contributed by atoms with Gasteiger partial charge in [-0.3, -0.25) is 9.69 Å². The largest absolute Gasteiger partial charge is 0.480 e. The van der Waals surface area contributed by atoms with Crippen molar-refractivity contribution in [2.24, 2.45) is 0 Å². The summed E-state index contributed by atoms with van der Waals surface area (Å²) in [5.74, 6) is -1.71. The number of aliphatic hydroxyl groups is 1. The fraction of sp³-hybridized carbons (Fsp3) is 0.824. The van der Waals surface area contributed by atoms with Crippen LogP contribution in [0.5, 0.6) is 0 Å². The van der Waals surface area contributed by atoms with Crippen molar-refractivity contribution in [3.8, 4) is 0 Å². The highest BCUT2D eigenvalue weighted by Gasteiger charge is 2.69. The van der Waals surface area contributed by atoms with Gasteiger partial charge in [0.05, 0.1) is 12.1 Å². The molecule has 5 unspecified atom stereocenters. The van der Waals surface area contributed by atoms with E-state index in [1.54, 1.807) is 27.7 Å². The SMILES string of the molecule is CC(O)C(C(=O)O)N1C(=O)C2(CCC(C)N2C(=O)OC(C)(C)C)C1C. The molecular formula is C17H28N2O6. The number of carbonyl (C=O) groups is 3. The van der Waals surface area contributed by atoms with Gasteiger partial charge in [0.25, 0.3) is 5.91 Å². The van der Waals surface area contributed by atoms with E-state index >= 15 is 0 Å². The molecule has 2 aliphatic rings. The standard InChI is InChI=1S/C17H28N2O6/c1-9-7-8-17(19(9)15(24)25-16(4,5)6)11(3)18(14(17)23)12(10(2)20)13(21)22/h9-12,20H,7-8H2,1-6H3,(H,21,22). The van der Waals surface area contributed by atoms with E-state index in [9.17, 15) is 24.6 Å². The van der Waals surface area contributed by atoms with Crippen molar-refractivity contribution in [3.05, 3.63) is 0 Å². The zero-order chi connectivity index (χ0) is 19.3. The van der Waals surface area contributed by atoms with E-state index in [0.717, 1.165) is 0 Å². The van der Waals surface area contributed by atoms with Crippen molar-refractivity contribution < 1.29 is 29.3 Å². The van der Waals surface area contributed by atoms with Crippen LogP contribution in [0.4, 0.5) is 4.79 Å². The smallest absolute Gasteiger partial charge is 0.411 e. The van der Waals surface area contributed by atoms with E-state index in [-0.39, 0.29) is 6.04 Å². The van der Waals surface area contributed by atoms with Crippen LogP contribution in [-0.2, 0) is 14.3 Å². The molecular weight excluding hydrogens is 328 g/mol. The van der Waals surface area contributed by atoms with Gasteiger partial charge in [-0.15, -0.1) is 0 Å². The maximum Gasteiger partial charge on any atom is 0.411 e. The van der Waals surface area contributed by atoms with Crippen LogP contribution < -0.4 is 0 Å². The molecule has 0 bridgehead atoms. The molecule has 2 fully saturated rings. The first-order valence-electron chi connectivity index (χ1n) is 8.60. The van der Waals surface area contributed by atoms with Crippen LogP contribution in [0.3, 0.4) is 0 Å². The Bertz CT molecular complexity index is 584. The van der Waals surface area contributed by atoms with Crippen molar-refractivity contribution in [1.82, 2.24) is 9.80 Å². The third-order valence-electron chi connectivity index (χ3n) is 5.13. The Hall–Kier alpha value is -1.83. The predicted molar refractivity (Wildman–Crippen MR) is 88.9 cm³/mol. The maximum absolute atomic E-state index is 13.0. The van der Waals surface area contributed by atoms with Crippen LogP contribution in [-0.4, -0.2) is 73.4 Å². The van der Waals surface area contributed by atoms with Crippen LogP contribution in [0.1, 0.15) is 54.4 Å². The second kappa shape index (κ2) is 6.16. The summed E-state index contributed by atoms with van der Waals surface area (Å²) in [6.07, 6.45) is -0.692. The summed E-state index contributed by atoms with van der Waals surface area (Å²) >= 11 is 0. The predicted octanol–water partition coefficient (Wildman–Crippen LogP) is 1.21. The number of aliphatic hydroxyl groups excluding tert-OH is 1.